The Morgan fingerprint density at radius 3 is 2.55 bits per heavy atom. The van der Waals surface area contributed by atoms with Crippen molar-refractivity contribution in [3.8, 4) is 0 Å². The van der Waals surface area contributed by atoms with E-state index in [0.29, 0.717) is 5.41 Å². The number of aliphatic carboxylic acids is 1. The highest BCUT2D eigenvalue weighted by Gasteiger charge is 2.37. The van der Waals surface area contributed by atoms with Gasteiger partial charge in [-0.2, -0.15) is 0 Å². The Balaban J connectivity index is 2.16. The molecule has 0 amide bonds. The van der Waals surface area contributed by atoms with Crippen LogP contribution in [0.25, 0.3) is 0 Å². The molecule has 1 atom stereocenters. The van der Waals surface area contributed by atoms with E-state index in [9.17, 15) is 4.79 Å². The molecule has 0 bridgehead atoms. The molecule has 0 aromatic heterocycles. The fourth-order valence-corrected chi connectivity index (χ4v) is 1.15. The van der Waals surface area contributed by atoms with Crippen molar-refractivity contribution in [2.45, 2.75) is 39.5 Å². The average Bonchev–Trinajstić information content (AvgIpc) is 2.64. The van der Waals surface area contributed by atoms with Crippen molar-refractivity contribution < 1.29 is 9.90 Å². The number of carboxylic acids is 1. The monoisotopic (exact) mass is 156 g/mol. The summed E-state index contributed by atoms with van der Waals surface area (Å²) in [5.74, 6) is -0.818. The summed E-state index contributed by atoms with van der Waals surface area (Å²) in [6.07, 6.45) is 4.50. The summed E-state index contributed by atoms with van der Waals surface area (Å²) in [7, 11) is 0. The molecular formula is C9H16O2. The molecule has 1 N–H and O–H groups in total. The Hall–Kier alpha value is -0.530. The third-order valence-electron chi connectivity index (χ3n) is 2.71. The molecule has 11 heavy (non-hydrogen) atoms. The van der Waals surface area contributed by atoms with Gasteiger partial charge in [-0.1, -0.05) is 13.8 Å². The van der Waals surface area contributed by atoms with Crippen LogP contribution in [0.1, 0.15) is 39.5 Å². The van der Waals surface area contributed by atoms with Gasteiger partial charge in [-0.3, -0.25) is 4.79 Å². The van der Waals surface area contributed by atoms with E-state index in [2.05, 4.69) is 6.92 Å². The van der Waals surface area contributed by atoms with E-state index < -0.39 is 5.97 Å². The van der Waals surface area contributed by atoms with Gasteiger partial charge in [0, 0.05) is 0 Å². The Morgan fingerprint density at radius 1 is 1.64 bits per heavy atom. The van der Waals surface area contributed by atoms with Gasteiger partial charge in [-0.25, -0.2) is 0 Å². The molecular weight excluding hydrogens is 140 g/mol. The van der Waals surface area contributed by atoms with Gasteiger partial charge in [0.25, 0.3) is 0 Å². The second-order valence-electron chi connectivity index (χ2n) is 4.09. The minimum absolute atomic E-state index is 0.160. The number of hydrogen-bond acceptors (Lipinski definition) is 1. The smallest absolute Gasteiger partial charge is 0.306 e. The summed E-state index contributed by atoms with van der Waals surface area (Å²) >= 11 is 0. The van der Waals surface area contributed by atoms with Crippen LogP contribution in [-0.2, 0) is 4.79 Å². The maximum atomic E-state index is 10.4. The minimum Gasteiger partial charge on any atom is -0.481 e. The van der Waals surface area contributed by atoms with Crippen LogP contribution in [0, 0.1) is 11.3 Å². The first-order valence-electron chi connectivity index (χ1n) is 4.26. The summed E-state index contributed by atoms with van der Waals surface area (Å²) in [5.41, 5.74) is 0.504. The first kappa shape index (κ1) is 8.57. The van der Waals surface area contributed by atoms with Crippen LogP contribution in [-0.4, -0.2) is 11.1 Å². The third-order valence-corrected chi connectivity index (χ3v) is 2.71. The molecule has 1 rings (SSSR count). The van der Waals surface area contributed by atoms with Crippen LogP contribution >= 0.6 is 0 Å². The molecule has 0 radical (unpaired) electrons. The fraction of sp³-hybridized carbons (Fsp3) is 0.889. The zero-order chi connectivity index (χ0) is 8.48. The largest absolute Gasteiger partial charge is 0.481 e. The van der Waals surface area contributed by atoms with E-state index in [1.807, 2.05) is 0 Å². The normalized spacial score (nSPS) is 22.7. The lowest BCUT2D eigenvalue weighted by Crippen LogP contribution is -2.10. The first-order chi connectivity index (χ1) is 5.03. The van der Waals surface area contributed by atoms with Crippen molar-refractivity contribution in [1.29, 1.82) is 0 Å². The average molecular weight is 156 g/mol. The summed E-state index contributed by atoms with van der Waals surface area (Å²) in [4.78, 5) is 10.4. The van der Waals surface area contributed by atoms with E-state index in [1.54, 1.807) is 6.92 Å². The molecule has 1 unspecified atom stereocenters. The van der Waals surface area contributed by atoms with Crippen LogP contribution in [0.2, 0.25) is 0 Å². The molecule has 1 aliphatic carbocycles. The molecule has 2 nitrogen and oxygen atoms in total. The molecule has 0 aromatic carbocycles. The lowest BCUT2D eigenvalue weighted by molar-refractivity contribution is -0.141. The van der Waals surface area contributed by atoms with Crippen molar-refractivity contribution in [2.24, 2.45) is 11.3 Å². The highest BCUT2D eigenvalue weighted by Crippen LogP contribution is 2.49. The molecule has 64 valence electrons. The van der Waals surface area contributed by atoms with E-state index in [1.165, 1.54) is 12.8 Å². The summed E-state index contributed by atoms with van der Waals surface area (Å²) in [6, 6.07) is 0. The predicted octanol–water partition coefficient (Wildman–Crippen LogP) is 2.29. The van der Waals surface area contributed by atoms with E-state index in [0.717, 1.165) is 12.8 Å². The van der Waals surface area contributed by atoms with Gasteiger partial charge in [0.15, 0.2) is 0 Å². The van der Waals surface area contributed by atoms with Crippen molar-refractivity contribution >= 4 is 5.97 Å². The second kappa shape index (κ2) is 2.84. The lowest BCUT2D eigenvalue weighted by Gasteiger charge is -2.09. The van der Waals surface area contributed by atoms with Crippen molar-refractivity contribution in [2.75, 3.05) is 0 Å². The Kier molecular flexibility index (Phi) is 2.21. The van der Waals surface area contributed by atoms with Crippen LogP contribution in [0.4, 0.5) is 0 Å². The Labute approximate surface area is 67.6 Å². The van der Waals surface area contributed by atoms with Crippen molar-refractivity contribution in [3.63, 3.8) is 0 Å². The maximum absolute atomic E-state index is 10.4. The maximum Gasteiger partial charge on any atom is 0.306 e. The van der Waals surface area contributed by atoms with Gasteiger partial charge < -0.3 is 5.11 Å². The molecule has 1 fully saturated rings. The van der Waals surface area contributed by atoms with Gasteiger partial charge >= 0.3 is 5.97 Å². The lowest BCUT2D eigenvalue weighted by atomic mass is 9.96. The fourth-order valence-electron chi connectivity index (χ4n) is 1.15. The van der Waals surface area contributed by atoms with E-state index in [-0.39, 0.29) is 5.92 Å². The van der Waals surface area contributed by atoms with Gasteiger partial charge in [-0.15, -0.1) is 0 Å². The Morgan fingerprint density at radius 2 is 2.18 bits per heavy atom. The third kappa shape index (κ3) is 2.52. The SMILES string of the molecule is CC(CCC1(C)CC1)C(=O)O. The number of hydrogen-bond donors (Lipinski definition) is 1. The van der Waals surface area contributed by atoms with Crippen LogP contribution in [0.5, 0.6) is 0 Å². The van der Waals surface area contributed by atoms with Gasteiger partial charge in [0.1, 0.15) is 0 Å². The molecule has 0 saturated heterocycles. The van der Waals surface area contributed by atoms with E-state index >= 15 is 0 Å². The number of carboxylic acid groups (broad SMARTS) is 1. The molecule has 0 aliphatic heterocycles. The second-order valence-corrected chi connectivity index (χ2v) is 4.09. The number of rotatable bonds is 4. The van der Waals surface area contributed by atoms with E-state index in [4.69, 9.17) is 5.11 Å². The Bertz CT molecular complexity index is 159. The highest BCUT2D eigenvalue weighted by atomic mass is 16.4. The van der Waals surface area contributed by atoms with Crippen molar-refractivity contribution in [3.05, 3.63) is 0 Å². The van der Waals surface area contributed by atoms with Crippen molar-refractivity contribution in [1.82, 2.24) is 0 Å². The predicted molar refractivity (Wildman–Crippen MR) is 43.4 cm³/mol. The van der Waals surface area contributed by atoms with Gasteiger partial charge in [0.2, 0.25) is 0 Å². The summed E-state index contributed by atoms with van der Waals surface area (Å²) in [6.45, 7) is 4.02. The van der Waals surface area contributed by atoms with Gasteiger partial charge in [0.05, 0.1) is 5.92 Å². The quantitative estimate of drug-likeness (QED) is 0.678. The summed E-state index contributed by atoms with van der Waals surface area (Å²) in [5, 5.41) is 8.60. The molecule has 2 heteroatoms. The topological polar surface area (TPSA) is 37.3 Å². The first-order valence-corrected chi connectivity index (χ1v) is 4.26. The van der Waals surface area contributed by atoms with Crippen LogP contribution in [0.3, 0.4) is 0 Å². The minimum atomic E-state index is -0.658. The highest BCUT2D eigenvalue weighted by molar-refractivity contribution is 5.69. The molecule has 0 heterocycles. The standard InChI is InChI=1S/C9H16O2/c1-7(8(10)11)3-4-9(2)5-6-9/h7H,3-6H2,1-2H3,(H,10,11). The zero-order valence-electron chi connectivity index (χ0n) is 7.26. The summed E-state index contributed by atoms with van der Waals surface area (Å²) < 4.78 is 0. The van der Waals surface area contributed by atoms with Gasteiger partial charge in [-0.05, 0) is 31.1 Å². The molecule has 0 spiro atoms. The van der Waals surface area contributed by atoms with Crippen LogP contribution in [0.15, 0.2) is 0 Å². The number of carbonyl (C=O) groups is 1. The van der Waals surface area contributed by atoms with Crippen LogP contribution < -0.4 is 0 Å². The molecule has 1 aliphatic rings. The zero-order valence-corrected chi connectivity index (χ0v) is 7.26. The molecule has 1 saturated carbocycles. The molecule has 0 aromatic rings.